The van der Waals surface area contributed by atoms with Crippen LogP contribution >= 0.6 is 0 Å². The van der Waals surface area contributed by atoms with Crippen molar-refractivity contribution >= 4 is 33.3 Å². The molecule has 0 saturated heterocycles. The van der Waals surface area contributed by atoms with E-state index in [9.17, 15) is 27.6 Å². The number of cyclic esters (lactones) is 2. The molecule has 4 aromatic rings. The number of fused-ring (bicyclic) bond motifs is 2. The van der Waals surface area contributed by atoms with E-state index in [-0.39, 0.29) is 28.9 Å². The van der Waals surface area contributed by atoms with Gasteiger partial charge >= 0.3 is 11.9 Å². The van der Waals surface area contributed by atoms with E-state index in [1.165, 1.54) is 24.3 Å². The predicted molar refractivity (Wildman–Crippen MR) is 174 cm³/mol. The van der Waals surface area contributed by atoms with E-state index < -0.39 is 33.9 Å². The number of rotatable bonds is 7. The first-order valence-electron chi connectivity index (χ1n) is 15.0. The Kier molecular flexibility index (Phi) is 10.9. The van der Waals surface area contributed by atoms with Crippen LogP contribution in [0.3, 0.4) is 0 Å². The van der Waals surface area contributed by atoms with Gasteiger partial charge in [0.25, 0.3) is 0 Å². The third kappa shape index (κ3) is 7.71. The Hall–Kier alpha value is -5.40. The molecule has 0 bridgehead atoms. The molecule has 10 heteroatoms. The number of esters is 2. The molecule has 240 valence electrons. The van der Waals surface area contributed by atoms with Crippen molar-refractivity contribution in [3.63, 3.8) is 0 Å². The normalized spacial score (nSPS) is 16.4. The predicted octanol–water partition coefficient (Wildman–Crippen LogP) is 6.89. The Morgan fingerprint density at radius 1 is 0.766 bits per heavy atom. The maximum absolute atomic E-state index is 12.6. The molecule has 4 aromatic carbocycles. The lowest BCUT2D eigenvalue weighted by Gasteiger charge is -2.18. The average Bonchev–Trinajstić information content (AvgIpc) is 3.60. The SMILES string of the molecule is CC.CC(C(=O)c1ccc(C#N)cc1)C1OC(=O)c2ccccc21.CS(=O)(=O)c1ccc(C(=O)CC2OC(=O)c3ccccc32)cc1. The number of ketones is 2. The van der Waals surface area contributed by atoms with Gasteiger partial charge < -0.3 is 9.47 Å². The minimum Gasteiger partial charge on any atom is -0.453 e. The lowest BCUT2D eigenvalue weighted by atomic mass is 9.89. The summed E-state index contributed by atoms with van der Waals surface area (Å²) in [5.41, 5.74) is 3.86. The summed E-state index contributed by atoms with van der Waals surface area (Å²) in [6.45, 7) is 5.75. The molecule has 0 aromatic heterocycles. The van der Waals surface area contributed by atoms with Gasteiger partial charge in [-0.05, 0) is 36.4 Å². The van der Waals surface area contributed by atoms with Crippen molar-refractivity contribution in [2.24, 2.45) is 5.92 Å². The van der Waals surface area contributed by atoms with Crippen LogP contribution in [-0.2, 0) is 19.3 Å². The highest BCUT2D eigenvalue weighted by molar-refractivity contribution is 7.90. The second-order valence-corrected chi connectivity index (χ2v) is 12.7. The van der Waals surface area contributed by atoms with E-state index in [1.807, 2.05) is 32.0 Å². The van der Waals surface area contributed by atoms with Gasteiger partial charge in [-0.15, -0.1) is 0 Å². The summed E-state index contributed by atoms with van der Waals surface area (Å²) in [4.78, 5) is 48.7. The van der Waals surface area contributed by atoms with Gasteiger partial charge in [0.1, 0.15) is 12.2 Å². The number of nitriles is 1. The molecule has 2 aliphatic heterocycles. The Morgan fingerprint density at radius 2 is 1.28 bits per heavy atom. The van der Waals surface area contributed by atoms with Crippen LogP contribution in [-0.4, -0.2) is 38.2 Å². The third-order valence-corrected chi connectivity index (χ3v) is 8.77. The van der Waals surface area contributed by atoms with E-state index in [0.717, 1.165) is 11.8 Å². The molecule has 9 nitrogen and oxygen atoms in total. The van der Waals surface area contributed by atoms with Crippen molar-refractivity contribution in [3.8, 4) is 6.07 Å². The summed E-state index contributed by atoms with van der Waals surface area (Å²) in [7, 11) is -3.30. The minimum atomic E-state index is -3.30. The van der Waals surface area contributed by atoms with Crippen molar-refractivity contribution in [1.82, 2.24) is 0 Å². The topological polar surface area (TPSA) is 145 Å². The van der Waals surface area contributed by atoms with Crippen molar-refractivity contribution in [2.45, 2.75) is 44.3 Å². The largest absolute Gasteiger partial charge is 0.453 e. The molecule has 3 unspecified atom stereocenters. The Labute approximate surface area is 273 Å². The molecule has 2 aliphatic rings. The first kappa shape index (κ1) is 34.5. The molecule has 0 saturated carbocycles. The number of ether oxygens (including phenoxy) is 2. The van der Waals surface area contributed by atoms with Crippen LogP contribution in [0.1, 0.15) is 97.5 Å². The van der Waals surface area contributed by atoms with Crippen LogP contribution < -0.4 is 0 Å². The number of sulfone groups is 1. The Bertz CT molecular complexity index is 1960. The lowest BCUT2D eigenvalue weighted by molar-refractivity contribution is 0.0260. The van der Waals surface area contributed by atoms with Crippen molar-refractivity contribution in [3.05, 3.63) is 136 Å². The summed E-state index contributed by atoms with van der Waals surface area (Å²) >= 11 is 0. The highest BCUT2D eigenvalue weighted by atomic mass is 32.2. The quantitative estimate of drug-likeness (QED) is 0.154. The average molecular weight is 652 g/mol. The van der Waals surface area contributed by atoms with Crippen LogP contribution in [0.2, 0.25) is 0 Å². The number of Topliss-reactive ketones (excluding diaryl/α,β-unsaturated/α-hetero) is 2. The summed E-state index contributed by atoms with van der Waals surface area (Å²) in [5, 5.41) is 8.79. The fraction of sp³-hybridized carbons (Fsp3) is 0.216. The fourth-order valence-electron chi connectivity index (χ4n) is 5.20. The van der Waals surface area contributed by atoms with E-state index in [1.54, 1.807) is 67.6 Å². The zero-order chi connectivity index (χ0) is 34.3. The first-order chi connectivity index (χ1) is 22.5. The first-order valence-corrected chi connectivity index (χ1v) is 16.8. The van der Waals surface area contributed by atoms with Crippen LogP contribution in [0.25, 0.3) is 0 Å². The molecule has 0 amide bonds. The van der Waals surface area contributed by atoms with Crippen molar-refractivity contribution < 1.29 is 37.1 Å². The monoisotopic (exact) mass is 651 g/mol. The molecule has 0 spiro atoms. The molecule has 0 aliphatic carbocycles. The van der Waals surface area contributed by atoms with Gasteiger partial charge in [-0.3, -0.25) is 9.59 Å². The van der Waals surface area contributed by atoms with Gasteiger partial charge in [0.15, 0.2) is 21.4 Å². The van der Waals surface area contributed by atoms with Crippen molar-refractivity contribution in [1.29, 1.82) is 5.26 Å². The van der Waals surface area contributed by atoms with Crippen molar-refractivity contribution in [2.75, 3.05) is 6.26 Å². The number of hydrogen-bond donors (Lipinski definition) is 0. The van der Waals surface area contributed by atoms with Gasteiger partial charge in [0, 0.05) is 28.5 Å². The Morgan fingerprint density at radius 3 is 1.85 bits per heavy atom. The number of nitrogens with zero attached hydrogens (tertiary/aromatic N) is 1. The third-order valence-electron chi connectivity index (χ3n) is 7.64. The molecular weight excluding hydrogens is 618 g/mol. The number of carbonyl (C=O) groups is 4. The van der Waals surface area contributed by atoms with Crippen LogP contribution in [0, 0.1) is 17.2 Å². The second-order valence-electron chi connectivity index (χ2n) is 10.7. The van der Waals surface area contributed by atoms with Crippen LogP contribution in [0.4, 0.5) is 0 Å². The molecular formula is C37H33NO8S. The number of carbonyl (C=O) groups excluding carboxylic acids is 4. The molecule has 0 fully saturated rings. The molecule has 2 heterocycles. The standard InChI is InChI=1S/C18H13NO3.C17H14O5S.C2H6/c1-11(16(20)13-8-6-12(10-19)7-9-13)17-14-4-2-3-5-15(14)18(21)22-17;1-23(20,21)12-8-6-11(7-9-12)15(18)10-16-13-4-2-3-5-14(13)17(19)22-16;1-2/h2-9,11,17H,1H3;2-9,16H,10H2,1H3;1-2H3. The highest BCUT2D eigenvalue weighted by Gasteiger charge is 2.37. The molecule has 3 atom stereocenters. The highest BCUT2D eigenvalue weighted by Crippen LogP contribution is 2.37. The maximum Gasteiger partial charge on any atom is 0.339 e. The van der Waals surface area contributed by atoms with Crippen LogP contribution in [0.15, 0.2) is 102 Å². The number of hydrogen-bond acceptors (Lipinski definition) is 9. The molecule has 47 heavy (non-hydrogen) atoms. The van der Waals surface area contributed by atoms with Gasteiger partial charge in [-0.25, -0.2) is 18.0 Å². The summed E-state index contributed by atoms with van der Waals surface area (Å²) in [5.74, 6) is -1.62. The zero-order valence-electron chi connectivity index (χ0n) is 26.3. The van der Waals surface area contributed by atoms with Gasteiger partial charge in [0.2, 0.25) is 0 Å². The second kappa shape index (κ2) is 14.8. The van der Waals surface area contributed by atoms with E-state index >= 15 is 0 Å². The molecule has 0 N–H and O–H groups in total. The zero-order valence-corrected chi connectivity index (χ0v) is 27.1. The summed E-state index contributed by atoms with van der Waals surface area (Å²) < 4.78 is 33.5. The molecule has 6 rings (SSSR count). The summed E-state index contributed by atoms with van der Waals surface area (Å²) in [6.07, 6.45) is -0.0210. The Balaban J connectivity index is 0.000000202. The van der Waals surface area contributed by atoms with Crippen LogP contribution in [0.5, 0.6) is 0 Å². The summed E-state index contributed by atoms with van der Waals surface area (Å²) in [6, 6.07) is 28.3. The number of benzene rings is 4. The smallest absolute Gasteiger partial charge is 0.339 e. The van der Waals surface area contributed by atoms with E-state index in [0.29, 0.717) is 33.4 Å². The van der Waals surface area contributed by atoms with Gasteiger partial charge in [0.05, 0.1) is 40.0 Å². The van der Waals surface area contributed by atoms with E-state index in [4.69, 9.17) is 14.7 Å². The van der Waals surface area contributed by atoms with Gasteiger partial charge in [-0.2, -0.15) is 5.26 Å². The van der Waals surface area contributed by atoms with E-state index in [2.05, 4.69) is 0 Å². The molecule has 0 radical (unpaired) electrons. The maximum atomic E-state index is 12.6. The lowest BCUT2D eigenvalue weighted by Crippen LogP contribution is -2.20. The minimum absolute atomic E-state index is 0.0287. The van der Waals surface area contributed by atoms with Gasteiger partial charge in [-0.1, -0.05) is 81.4 Å². The fourth-order valence-corrected chi connectivity index (χ4v) is 5.83.